The van der Waals surface area contributed by atoms with Crippen molar-refractivity contribution in [3.63, 3.8) is 0 Å². The van der Waals surface area contributed by atoms with Crippen LogP contribution in [0.2, 0.25) is 0 Å². The van der Waals surface area contributed by atoms with Crippen LogP contribution in [-0.2, 0) is 0 Å². The third kappa shape index (κ3) is 2.34. The summed E-state index contributed by atoms with van der Waals surface area (Å²) in [6.45, 7) is 2.32. The molecule has 0 bridgehead atoms. The van der Waals surface area contributed by atoms with E-state index in [1.54, 1.807) is 0 Å². The van der Waals surface area contributed by atoms with E-state index < -0.39 is 0 Å². The molecule has 0 saturated heterocycles. The highest BCUT2D eigenvalue weighted by molar-refractivity contribution is 5.40. The molecule has 0 amide bonds. The summed E-state index contributed by atoms with van der Waals surface area (Å²) in [4.78, 5) is 0. The quantitative estimate of drug-likeness (QED) is 0.723. The van der Waals surface area contributed by atoms with Crippen molar-refractivity contribution in [2.24, 2.45) is 5.92 Å². The van der Waals surface area contributed by atoms with Gasteiger partial charge in [0.15, 0.2) is 0 Å². The molecular formula is C14H21N. The molecule has 1 saturated carbocycles. The van der Waals surface area contributed by atoms with E-state index in [4.69, 9.17) is 5.73 Å². The molecule has 1 fully saturated rings. The maximum atomic E-state index is 5.72. The molecule has 0 aliphatic heterocycles. The van der Waals surface area contributed by atoms with Crippen LogP contribution in [0, 0.1) is 5.92 Å². The maximum absolute atomic E-state index is 5.72. The molecule has 1 aromatic rings. The number of benzene rings is 1. The molecular weight excluding hydrogens is 182 g/mol. The smallest absolute Gasteiger partial charge is 0.0314 e. The number of nitrogens with two attached hydrogens (primary N) is 1. The van der Waals surface area contributed by atoms with Gasteiger partial charge in [-0.1, -0.05) is 38.3 Å². The van der Waals surface area contributed by atoms with E-state index in [1.165, 1.54) is 37.7 Å². The molecule has 0 radical (unpaired) electrons. The second-order valence-electron chi connectivity index (χ2n) is 4.73. The molecule has 1 aromatic carbocycles. The first kappa shape index (κ1) is 10.5. The van der Waals surface area contributed by atoms with Gasteiger partial charge in [-0.25, -0.2) is 0 Å². The highest BCUT2D eigenvalue weighted by atomic mass is 14.5. The molecule has 2 atom stereocenters. The van der Waals surface area contributed by atoms with Crippen LogP contribution in [0.15, 0.2) is 24.3 Å². The monoisotopic (exact) mass is 203 g/mol. The molecule has 82 valence electrons. The van der Waals surface area contributed by atoms with Crippen LogP contribution in [0.3, 0.4) is 0 Å². The zero-order valence-corrected chi connectivity index (χ0v) is 9.58. The minimum atomic E-state index is 0.782. The highest BCUT2D eigenvalue weighted by Crippen LogP contribution is 2.39. The van der Waals surface area contributed by atoms with Crippen molar-refractivity contribution in [2.75, 3.05) is 5.73 Å². The zero-order chi connectivity index (χ0) is 10.7. The summed E-state index contributed by atoms with van der Waals surface area (Å²) in [6.07, 6.45) is 6.90. The van der Waals surface area contributed by atoms with E-state index >= 15 is 0 Å². The lowest BCUT2D eigenvalue weighted by Crippen LogP contribution is -2.16. The third-order valence-electron chi connectivity index (χ3n) is 3.80. The van der Waals surface area contributed by atoms with E-state index in [9.17, 15) is 0 Å². The van der Waals surface area contributed by atoms with Crippen LogP contribution in [0.5, 0.6) is 0 Å². The van der Waals surface area contributed by atoms with Crippen molar-refractivity contribution >= 4 is 5.69 Å². The lowest BCUT2D eigenvalue weighted by atomic mass is 9.74. The van der Waals surface area contributed by atoms with Crippen LogP contribution in [-0.4, -0.2) is 0 Å². The van der Waals surface area contributed by atoms with Crippen LogP contribution in [0.4, 0.5) is 5.69 Å². The average molecular weight is 203 g/mol. The maximum Gasteiger partial charge on any atom is 0.0314 e. The minimum absolute atomic E-state index is 0.782. The normalized spacial score (nSPS) is 26.5. The van der Waals surface area contributed by atoms with Gasteiger partial charge >= 0.3 is 0 Å². The van der Waals surface area contributed by atoms with Crippen LogP contribution < -0.4 is 5.73 Å². The van der Waals surface area contributed by atoms with Gasteiger partial charge in [0, 0.05) is 5.69 Å². The standard InChI is InChI=1S/C14H21N/c1-2-11-5-3-4-6-14(11)12-7-9-13(15)10-8-12/h7-11,14H,2-6,15H2,1H3/t11-,14-/m1/s1. The number of anilines is 1. The van der Waals surface area contributed by atoms with Gasteiger partial charge in [0.05, 0.1) is 0 Å². The first-order valence-electron chi connectivity index (χ1n) is 6.16. The first-order chi connectivity index (χ1) is 7.31. The molecule has 0 spiro atoms. The van der Waals surface area contributed by atoms with Crippen LogP contribution >= 0.6 is 0 Å². The molecule has 1 heteroatoms. The van der Waals surface area contributed by atoms with Crippen molar-refractivity contribution in [2.45, 2.75) is 44.9 Å². The summed E-state index contributed by atoms with van der Waals surface area (Å²) in [5.41, 5.74) is 8.10. The average Bonchev–Trinajstić information content (AvgIpc) is 2.30. The summed E-state index contributed by atoms with van der Waals surface area (Å²) in [5.74, 6) is 1.67. The van der Waals surface area contributed by atoms with Gasteiger partial charge in [0.1, 0.15) is 0 Å². The lowest BCUT2D eigenvalue weighted by Gasteiger charge is -2.31. The Kier molecular flexibility index (Phi) is 3.30. The molecule has 0 unspecified atom stereocenters. The molecule has 0 heterocycles. The van der Waals surface area contributed by atoms with Crippen molar-refractivity contribution in [1.29, 1.82) is 0 Å². The van der Waals surface area contributed by atoms with Gasteiger partial charge in [-0.3, -0.25) is 0 Å². The van der Waals surface area contributed by atoms with E-state index in [0.717, 1.165) is 17.5 Å². The van der Waals surface area contributed by atoms with Crippen molar-refractivity contribution < 1.29 is 0 Å². The molecule has 15 heavy (non-hydrogen) atoms. The van der Waals surface area contributed by atoms with E-state index in [0.29, 0.717) is 0 Å². The molecule has 2 rings (SSSR count). The Balaban J connectivity index is 2.16. The number of nitrogen functional groups attached to an aromatic ring is 1. The summed E-state index contributed by atoms with van der Waals surface area (Å²) in [6, 6.07) is 8.51. The van der Waals surface area contributed by atoms with Crippen LogP contribution in [0.25, 0.3) is 0 Å². The second kappa shape index (κ2) is 4.69. The Bertz CT molecular complexity index is 302. The van der Waals surface area contributed by atoms with E-state index in [1.807, 2.05) is 12.1 Å². The van der Waals surface area contributed by atoms with E-state index in [2.05, 4.69) is 19.1 Å². The Hall–Kier alpha value is -0.980. The molecule has 2 N–H and O–H groups in total. The Labute approximate surface area is 92.7 Å². The van der Waals surface area contributed by atoms with Crippen molar-refractivity contribution in [1.82, 2.24) is 0 Å². The van der Waals surface area contributed by atoms with Gasteiger partial charge < -0.3 is 5.73 Å². The Morgan fingerprint density at radius 3 is 2.47 bits per heavy atom. The van der Waals surface area contributed by atoms with Gasteiger partial charge in [0.25, 0.3) is 0 Å². The predicted octanol–water partition coefficient (Wildman–Crippen LogP) is 3.95. The summed E-state index contributed by atoms with van der Waals surface area (Å²) in [5, 5.41) is 0. The fourth-order valence-electron chi connectivity index (χ4n) is 2.88. The molecule has 1 nitrogen and oxygen atoms in total. The highest BCUT2D eigenvalue weighted by Gasteiger charge is 2.24. The number of rotatable bonds is 2. The SMILES string of the molecule is CC[C@@H]1CCCC[C@H]1c1ccc(N)cc1. The zero-order valence-electron chi connectivity index (χ0n) is 9.58. The number of hydrogen-bond acceptors (Lipinski definition) is 1. The molecule has 1 aliphatic rings. The molecule has 0 aromatic heterocycles. The second-order valence-corrected chi connectivity index (χ2v) is 4.73. The summed E-state index contributed by atoms with van der Waals surface area (Å²) < 4.78 is 0. The minimum Gasteiger partial charge on any atom is -0.399 e. The summed E-state index contributed by atoms with van der Waals surface area (Å²) in [7, 11) is 0. The topological polar surface area (TPSA) is 26.0 Å². The van der Waals surface area contributed by atoms with Gasteiger partial charge in [-0.2, -0.15) is 0 Å². The summed E-state index contributed by atoms with van der Waals surface area (Å²) >= 11 is 0. The van der Waals surface area contributed by atoms with Crippen molar-refractivity contribution in [3.8, 4) is 0 Å². The van der Waals surface area contributed by atoms with Gasteiger partial charge in [0.2, 0.25) is 0 Å². The fourth-order valence-corrected chi connectivity index (χ4v) is 2.88. The largest absolute Gasteiger partial charge is 0.399 e. The number of hydrogen-bond donors (Lipinski definition) is 1. The van der Waals surface area contributed by atoms with Gasteiger partial charge in [-0.05, 0) is 42.4 Å². The fraction of sp³-hybridized carbons (Fsp3) is 0.571. The predicted molar refractivity (Wildman–Crippen MR) is 65.8 cm³/mol. The third-order valence-corrected chi connectivity index (χ3v) is 3.80. The Morgan fingerprint density at radius 2 is 1.80 bits per heavy atom. The van der Waals surface area contributed by atoms with Gasteiger partial charge in [-0.15, -0.1) is 0 Å². The van der Waals surface area contributed by atoms with Crippen molar-refractivity contribution in [3.05, 3.63) is 29.8 Å². The molecule has 1 aliphatic carbocycles. The van der Waals surface area contributed by atoms with E-state index in [-0.39, 0.29) is 0 Å². The Morgan fingerprint density at radius 1 is 1.13 bits per heavy atom. The first-order valence-corrected chi connectivity index (χ1v) is 6.16. The lowest BCUT2D eigenvalue weighted by molar-refractivity contribution is 0.299. The van der Waals surface area contributed by atoms with Crippen LogP contribution in [0.1, 0.15) is 50.5 Å².